The second kappa shape index (κ2) is 4.32. The number of hydrogen-bond donors (Lipinski definition) is 1. The van der Waals surface area contributed by atoms with Gasteiger partial charge in [-0.1, -0.05) is 5.21 Å². The van der Waals surface area contributed by atoms with Crippen LogP contribution in [-0.2, 0) is 6.54 Å². The second-order valence-electron chi connectivity index (χ2n) is 3.44. The molecule has 0 saturated carbocycles. The number of ether oxygens (including phenoxy) is 1. The van der Waals surface area contributed by atoms with Crippen molar-refractivity contribution in [3.8, 4) is 11.4 Å². The van der Waals surface area contributed by atoms with Crippen molar-refractivity contribution in [2.45, 2.75) is 13.5 Å². The number of aromatic nitrogens is 3. The van der Waals surface area contributed by atoms with Gasteiger partial charge < -0.3 is 10.5 Å². The Bertz CT molecular complexity index is 475. The zero-order valence-electron chi connectivity index (χ0n) is 9.34. The molecule has 0 aliphatic carbocycles. The van der Waals surface area contributed by atoms with Crippen LogP contribution in [0.5, 0.6) is 5.75 Å². The normalized spacial score (nSPS) is 10.4. The Balaban J connectivity index is 2.42. The lowest BCUT2D eigenvalue weighted by Gasteiger charge is -2.06. The van der Waals surface area contributed by atoms with Gasteiger partial charge in [-0.3, -0.25) is 0 Å². The van der Waals surface area contributed by atoms with Gasteiger partial charge in [0.1, 0.15) is 5.75 Å². The summed E-state index contributed by atoms with van der Waals surface area (Å²) >= 11 is 0. The van der Waals surface area contributed by atoms with Gasteiger partial charge in [0.05, 0.1) is 24.2 Å². The van der Waals surface area contributed by atoms with Gasteiger partial charge in [-0.2, -0.15) is 0 Å². The van der Waals surface area contributed by atoms with Crippen molar-refractivity contribution in [3.63, 3.8) is 0 Å². The van der Waals surface area contributed by atoms with Gasteiger partial charge in [0.2, 0.25) is 0 Å². The Morgan fingerprint density at radius 2 is 2.00 bits per heavy atom. The van der Waals surface area contributed by atoms with Crippen LogP contribution in [0.25, 0.3) is 5.69 Å². The van der Waals surface area contributed by atoms with E-state index in [1.54, 1.807) is 11.8 Å². The van der Waals surface area contributed by atoms with Crippen LogP contribution in [0.3, 0.4) is 0 Å². The van der Waals surface area contributed by atoms with Gasteiger partial charge in [0.15, 0.2) is 0 Å². The first-order chi connectivity index (χ1) is 7.76. The molecule has 2 aromatic rings. The standard InChI is InChI=1S/C11H14N4O/c1-8-11(7-12)15(14-13-8)9-3-5-10(16-2)6-4-9/h3-6H,7,12H2,1-2H3. The number of benzene rings is 1. The summed E-state index contributed by atoms with van der Waals surface area (Å²) in [4.78, 5) is 0. The summed E-state index contributed by atoms with van der Waals surface area (Å²) in [7, 11) is 1.64. The maximum Gasteiger partial charge on any atom is 0.119 e. The summed E-state index contributed by atoms with van der Waals surface area (Å²) in [5.41, 5.74) is 8.38. The van der Waals surface area contributed by atoms with E-state index in [4.69, 9.17) is 10.5 Å². The Labute approximate surface area is 93.8 Å². The molecule has 2 N–H and O–H groups in total. The molecule has 0 amide bonds. The smallest absolute Gasteiger partial charge is 0.119 e. The fraction of sp³-hybridized carbons (Fsp3) is 0.273. The SMILES string of the molecule is COc1ccc(-n2nnc(C)c2CN)cc1. The van der Waals surface area contributed by atoms with Crippen molar-refractivity contribution >= 4 is 0 Å². The molecule has 5 nitrogen and oxygen atoms in total. The topological polar surface area (TPSA) is 66.0 Å². The van der Waals surface area contributed by atoms with Crippen molar-refractivity contribution in [3.05, 3.63) is 35.7 Å². The Kier molecular flexibility index (Phi) is 2.87. The highest BCUT2D eigenvalue weighted by Crippen LogP contribution is 2.16. The lowest BCUT2D eigenvalue weighted by atomic mass is 10.3. The maximum atomic E-state index is 5.66. The van der Waals surface area contributed by atoms with Crippen molar-refractivity contribution in [1.29, 1.82) is 0 Å². The second-order valence-corrected chi connectivity index (χ2v) is 3.44. The molecule has 5 heteroatoms. The molecule has 0 atom stereocenters. The molecule has 2 rings (SSSR count). The van der Waals surface area contributed by atoms with E-state index >= 15 is 0 Å². The molecule has 0 bridgehead atoms. The molecule has 0 unspecified atom stereocenters. The summed E-state index contributed by atoms with van der Waals surface area (Å²) in [5.74, 6) is 0.815. The molecule has 0 saturated heterocycles. The van der Waals surface area contributed by atoms with Crippen LogP contribution in [-0.4, -0.2) is 22.1 Å². The number of methoxy groups -OCH3 is 1. The van der Waals surface area contributed by atoms with Crippen LogP contribution in [0.4, 0.5) is 0 Å². The Morgan fingerprint density at radius 3 is 2.56 bits per heavy atom. The molecule has 16 heavy (non-hydrogen) atoms. The Morgan fingerprint density at radius 1 is 1.31 bits per heavy atom. The number of rotatable bonds is 3. The van der Waals surface area contributed by atoms with Crippen LogP contribution in [0.2, 0.25) is 0 Å². The zero-order chi connectivity index (χ0) is 11.5. The molecular weight excluding hydrogens is 204 g/mol. The minimum Gasteiger partial charge on any atom is -0.497 e. The lowest BCUT2D eigenvalue weighted by Crippen LogP contribution is -2.07. The first-order valence-corrected chi connectivity index (χ1v) is 5.02. The first-order valence-electron chi connectivity index (χ1n) is 5.02. The lowest BCUT2D eigenvalue weighted by molar-refractivity contribution is 0.414. The van der Waals surface area contributed by atoms with E-state index in [-0.39, 0.29) is 0 Å². The molecule has 1 aromatic carbocycles. The van der Waals surface area contributed by atoms with Gasteiger partial charge in [-0.15, -0.1) is 5.10 Å². The largest absolute Gasteiger partial charge is 0.497 e. The van der Waals surface area contributed by atoms with Crippen molar-refractivity contribution in [2.75, 3.05) is 7.11 Å². The van der Waals surface area contributed by atoms with Gasteiger partial charge in [-0.05, 0) is 31.2 Å². The van der Waals surface area contributed by atoms with Crippen LogP contribution in [0.1, 0.15) is 11.4 Å². The van der Waals surface area contributed by atoms with Crippen LogP contribution < -0.4 is 10.5 Å². The third kappa shape index (κ3) is 1.77. The van der Waals surface area contributed by atoms with E-state index in [1.165, 1.54) is 0 Å². The van der Waals surface area contributed by atoms with Gasteiger partial charge in [0.25, 0.3) is 0 Å². The molecule has 1 heterocycles. The predicted molar refractivity (Wildman–Crippen MR) is 60.5 cm³/mol. The summed E-state index contributed by atoms with van der Waals surface area (Å²) in [5, 5.41) is 8.07. The van der Waals surface area contributed by atoms with E-state index in [9.17, 15) is 0 Å². The molecule has 0 aliphatic rings. The fourth-order valence-electron chi connectivity index (χ4n) is 1.54. The summed E-state index contributed by atoms with van der Waals surface area (Å²) in [6.07, 6.45) is 0. The van der Waals surface area contributed by atoms with E-state index in [2.05, 4.69) is 10.3 Å². The van der Waals surface area contributed by atoms with E-state index in [0.717, 1.165) is 22.8 Å². The van der Waals surface area contributed by atoms with Gasteiger partial charge >= 0.3 is 0 Å². The molecule has 0 spiro atoms. The number of nitrogens with zero attached hydrogens (tertiary/aromatic N) is 3. The van der Waals surface area contributed by atoms with Gasteiger partial charge in [-0.25, -0.2) is 4.68 Å². The zero-order valence-corrected chi connectivity index (χ0v) is 9.34. The molecule has 0 fully saturated rings. The minimum atomic E-state index is 0.421. The molecule has 0 aliphatic heterocycles. The van der Waals surface area contributed by atoms with E-state index in [0.29, 0.717) is 6.54 Å². The number of aryl methyl sites for hydroxylation is 1. The maximum absolute atomic E-state index is 5.66. The Hall–Kier alpha value is -1.88. The number of hydrogen-bond acceptors (Lipinski definition) is 4. The van der Waals surface area contributed by atoms with Crippen LogP contribution in [0, 0.1) is 6.92 Å². The summed E-state index contributed by atoms with van der Waals surface area (Å²) in [6.45, 7) is 2.32. The fourth-order valence-corrected chi connectivity index (χ4v) is 1.54. The minimum absolute atomic E-state index is 0.421. The van der Waals surface area contributed by atoms with Gasteiger partial charge in [0, 0.05) is 6.54 Å². The van der Waals surface area contributed by atoms with Crippen LogP contribution in [0.15, 0.2) is 24.3 Å². The monoisotopic (exact) mass is 218 g/mol. The highest BCUT2D eigenvalue weighted by Gasteiger charge is 2.08. The van der Waals surface area contributed by atoms with E-state index < -0.39 is 0 Å². The third-order valence-corrected chi connectivity index (χ3v) is 2.47. The summed E-state index contributed by atoms with van der Waals surface area (Å²) in [6, 6.07) is 7.61. The van der Waals surface area contributed by atoms with E-state index in [1.807, 2.05) is 31.2 Å². The molecule has 0 radical (unpaired) electrons. The van der Waals surface area contributed by atoms with Crippen molar-refractivity contribution in [2.24, 2.45) is 5.73 Å². The third-order valence-electron chi connectivity index (χ3n) is 2.47. The van der Waals surface area contributed by atoms with Crippen molar-refractivity contribution in [1.82, 2.24) is 15.0 Å². The first kappa shape index (κ1) is 10.6. The quantitative estimate of drug-likeness (QED) is 0.836. The highest BCUT2D eigenvalue weighted by molar-refractivity contribution is 5.38. The molecule has 84 valence electrons. The molecular formula is C11H14N4O. The van der Waals surface area contributed by atoms with Crippen LogP contribution >= 0.6 is 0 Å². The molecule has 1 aromatic heterocycles. The highest BCUT2D eigenvalue weighted by atomic mass is 16.5. The average molecular weight is 218 g/mol. The summed E-state index contributed by atoms with van der Waals surface area (Å²) < 4.78 is 6.84. The van der Waals surface area contributed by atoms with Crippen molar-refractivity contribution < 1.29 is 4.74 Å². The predicted octanol–water partition coefficient (Wildman–Crippen LogP) is 1.04. The average Bonchev–Trinajstić information content (AvgIpc) is 2.70. The number of nitrogens with two attached hydrogens (primary N) is 1.